The summed E-state index contributed by atoms with van der Waals surface area (Å²) in [6, 6.07) is 11.4. The van der Waals surface area contributed by atoms with E-state index in [0.717, 1.165) is 0 Å². The van der Waals surface area contributed by atoms with Crippen molar-refractivity contribution in [3.8, 4) is 0 Å². The van der Waals surface area contributed by atoms with Crippen LogP contribution in [-0.4, -0.2) is 0 Å². The Labute approximate surface area is 92.5 Å². The lowest BCUT2D eigenvalue weighted by atomic mass is 10.3. The predicted octanol–water partition coefficient (Wildman–Crippen LogP) is 2.74. The van der Waals surface area contributed by atoms with Gasteiger partial charge in [-0.05, 0) is 24.3 Å². The van der Waals surface area contributed by atoms with Gasteiger partial charge in [0.25, 0.3) is 0 Å². The van der Waals surface area contributed by atoms with Gasteiger partial charge >= 0.3 is 0 Å². The first-order chi connectivity index (χ1) is 7.70. The predicted molar refractivity (Wildman–Crippen MR) is 59.7 cm³/mol. The van der Waals surface area contributed by atoms with Crippen LogP contribution in [0.3, 0.4) is 0 Å². The molecule has 0 aliphatic rings. The lowest BCUT2D eigenvalue weighted by Crippen LogP contribution is -2.12. The third kappa shape index (κ3) is 2.00. The van der Waals surface area contributed by atoms with E-state index < -0.39 is 19.4 Å². The van der Waals surface area contributed by atoms with Crippen LogP contribution in [0.5, 0.6) is 0 Å². The first-order valence-electron chi connectivity index (χ1n) is 4.66. The monoisotopic (exact) mass is 237 g/mol. The molecule has 16 heavy (non-hydrogen) atoms. The van der Waals surface area contributed by atoms with Crippen molar-refractivity contribution in [1.29, 1.82) is 0 Å². The summed E-state index contributed by atoms with van der Waals surface area (Å²) in [5.74, 6) is -1.15. The van der Waals surface area contributed by atoms with E-state index in [1.807, 2.05) is 0 Å². The minimum atomic E-state index is -2.21. The highest BCUT2D eigenvalue weighted by molar-refractivity contribution is 7.61. The first kappa shape index (κ1) is 10.9. The summed E-state index contributed by atoms with van der Waals surface area (Å²) in [6.45, 7) is 0. The van der Waals surface area contributed by atoms with Crippen molar-refractivity contribution >= 4 is 18.4 Å². The molecule has 2 aromatic carbocycles. The van der Waals surface area contributed by atoms with Crippen LogP contribution in [-0.2, 0) is 4.57 Å². The Morgan fingerprint density at radius 2 is 1.12 bits per heavy atom. The van der Waals surface area contributed by atoms with Gasteiger partial charge in [-0.2, -0.15) is 0 Å². The molecular formula is C12H8F2OP. The van der Waals surface area contributed by atoms with Crippen molar-refractivity contribution in [1.82, 2.24) is 0 Å². The summed E-state index contributed by atoms with van der Waals surface area (Å²) in [6.07, 6.45) is 0. The van der Waals surface area contributed by atoms with Gasteiger partial charge in [0.05, 0.1) is 10.6 Å². The fraction of sp³-hybridized carbons (Fsp3) is 0. The maximum absolute atomic E-state index is 13.4. The van der Waals surface area contributed by atoms with Gasteiger partial charge in [-0.15, -0.1) is 0 Å². The summed E-state index contributed by atoms with van der Waals surface area (Å²) in [5.41, 5.74) is 0. The summed E-state index contributed by atoms with van der Waals surface area (Å²) >= 11 is 0. The van der Waals surface area contributed by atoms with Crippen LogP contribution >= 0.6 is 7.80 Å². The molecule has 0 bridgehead atoms. The Hall–Kier alpha value is -1.60. The third-order valence-corrected chi connectivity index (χ3v) is 3.74. The van der Waals surface area contributed by atoms with Crippen molar-refractivity contribution in [3.05, 3.63) is 60.2 Å². The van der Waals surface area contributed by atoms with Gasteiger partial charge in [-0.3, -0.25) is 4.57 Å². The molecule has 0 N–H and O–H groups in total. The largest absolute Gasteiger partial charge is 0.276 e. The molecule has 2 rings (SSSR count). The van der Waals surface area contributed by atoms with Crippen LogP contribution in [0, 0.1) is 11.6 Å². The van der Waals surface area contributed by atoms with Crippen molar-refractivity contribution in [2.45, 2.75) is 0 Å². The SMILES string of the molecule is O=[P](c1ccccc1F)c1ccccc1F. The van der Waals surface area contributed by atoms with E-state index >= 15 is 0 Å². The smallest absolute Gasteiger partial charge is 0.142 e. The van der Waals surface area contributed by atoms with Crippen LogP contribution in [0.25, 0.3) is 0 Å². The third-order valence-electron chi connectivity index (χ3n) is 2.14. The Morgan fingerprint density at radius 1 is 0.750 bits per heavy atom. The second kappa shape index (κ2) is 4.50. The standard InChI is InChI=1S/C12H8F2OP/c13-9-5-1-3-7-11(9)16(15)12-8-4-2-6-10(12)14/h1-8H. The minimum absolute atomic E-state index is 0.0302. The van der Waals surface area contributed by atoms with Crippen molar-refractivity contribution in [2.24, 2.45) is 0 Å². The molecule has 0 saturated carbocycles. The molecular weight excluding hydrogens is 229 g/mol. The molecule has 0 heterocycles. The van der Waals surface area contributed by atoms with Gasteiger partial charge in [0, 0.05) is 0 Å². The van der Waals surface area contributed by atoms with Crippen LogP contribution in [0.2, 0.25) is 0 Å². The highest BCUT2D eigenvalue weighted by Crippen LogP contribution is 2.22. The lowest BCUT2D eigenvalue weighted by Gasteiger charge is -2.03. The fourth-order valence-electron chi connectivity index (χ4n) is 1.36. The maximum atomic E-state index is 13.4. The molecule has 0 unspecified atom stereocenters. The van der Waals surface area contributed by atoms with Gasteiger partial charge in [0.15, 0.2) is 0 Å². The maximum Gasteiger partial charge on any atom is 0.142 e. The van der Waals surface area contributed by atoms with Crippen LogP contribution in [0.1, 0.15) is 0 Å². The minimum Gasteiger partial charge on any atom is -0.276 e. The molecule has 2 aromatic rings. The molecule has 81 valence electrons. The van der Waals surface area contributed by atoms with Gasteiger partial charge in [-0.1, -0.05) is 24.3 Å². The Kier molecular flexibility index (Phi) is 3.07. The van der Waals surface area contributed by atoms with E-state index in [4.69, 9.17) is 0 Å². The average molecular weight is 237 g/mol. The molecule has 0 aliphatic carbocycles. The molecule has 0 saturated heterocycles. The van der Waals surface area contributed by atoms with Crippen LogP contribution in [0.4, 0.5) is 8.78 Å². The summed E-state index contributed by atoms with van der Waals surface area (Å²) in [7, 11) is -2.21. The molecule has 0 aromatic heterocycles. The van der Waals surface area contributed by atoms with Crippen LogP contribution in [0.15, 0.2) is 48.5 Å². The quantitative estimate of drug-likeness (QED) is 0.734. The first-order valence-corrected chi connectivity index (χ1v) is 5.92. The second-order valence-electron chi connectivity index (χ2n) is 3.20. The number of benzene rings is 2. The molecule has 0 atom stereocenters. The number of hydrogen-bond donors (Lipinski definition) is 0. The summed E-state index contributed by atoms with van der Waals surface area (Å²) < 4.78 is 38.7. The molecule has 1 radical (unpaired) electrons. The van der Waals surface area contributed by atoms with Crippen LogP contribution < -0.4 is 10.6 Å². The highest BCUT2D eigenvalue weighted by atomic mass is 31.1. The van der Waals surface area contributed by atoms with E-state index in [-0.39, 0.29) is 10.6 Å². The van der Waals surface area contributed by atoms with E-state index in [1.54, 1.807) is 12.1 Å². The van der Waals surface area contributed by atoms with Crippen molar-refractivity contribution in [3.63, 3.8) is 0 Å². The summed E-state index contributed by atoms with van der Waals surface area (Å²) in [4.78, 5) is 0. The normalized spacial score (nSPS) is 10.1. The average Bonchev–Trinajstić information content (AvgIpc) is 2.29. The fourth-order valence-corrected chi connectivity index (χ4v) is 2.60. The topological polar surface area (TPSA) is 17.1 Å². The van der Waals surface area contributed by atoms with Gasteiger partial charge < -0.3 is 0 Å². The molecule has 0 aliphatic heterocycles. The molecule has 0 amide bonds. The second-order valence-corrected chi connectivity index (χ2v) is 4.75. The zero-order chi connectivity index (χ0) is 11.5. The van der Waals surface area contributed by atoms with Crippen molar-refractivity contribution < 1.29 is 13.3 Å². The van der Waals surface area contributed by atoms with Gasteiger partial charge in [0.2, 0.25) is 0 Å². The Balaban J connectivity index is 2.48. The van der Waals surface area contributed by atoms with E-state index in [0.29, 0.717) is 0 Å². The van der Waals surface area contributed by atoms with Gasteiger partial charge in [-0.25, -0.2) is 8.78 Å². The number of rotatable bonds is 2. The van der Waals surface area contributed by atoms with Crippen molar-refractivity contribution in [2.75, 3.05) is 0 Å². The molecule has 0 fully saturated rings. The molecule has 4 heteroatoms. The van der Waals surface area contributed by atoms with Gasteiger partial charge in [0.1, 0.15) is 19.4 Å². The zero-order valence-corrected chi connectivity index (χ0v) is 9.12. The number of hydrogen-bond acceptors (Lipinski definition) is 1. The zero-order valence-electron chi connectivity index (χ0n) is 8.23. The molecule has 0 spiro atoms. The van der Waals surface area contributed by atoms with E-state index in [1.165, 1.54) is 36.4 Å². The summed E-state index contributed by atoms with van der Waals surface area (Å²) in [5, 5.41) is 0.0604. The Bertz CT molecular complexity index is 493. The molecule has 1 nitrogen and oxygen atoms in total. The van der Waals surface area contributed by atoms with E-state index in [9.17, 15) is 13.3 Å². The Morgan fingerprint density at radius 3 is 1.50 bits per heavy atom. The number of halogens is 2. The highest BCUT2D eigenvalue weighted by Gasteiger charge is 2.15. The lowest BCUT2D eigenvalue weighted by molar-refractivity contribution is 0.591. The van der Waals surface area contributed by atoms with E-state index in [2.05, 4.69) is 0 Å².